The molecule has 0 unspecified atom stereocenters. The van der Waals surface area contributed by atoms with Crippen LogP contribution in [0.25, 0.3) is 0 Å². The largest absolute Gasteiger partial charge is 0.465 e. The first-order valence-corrected chi connectivity index (χ1v) is 4.98. The number of esters is 1. The van der Waals surface area contributed by atoms with E-state index in [1.54, 1.807) is 0 Å². The SMILES string of the molecule is CCCCCC(=O)OCC1CC1. The predicted octanol–water partition coefficient (Wildman–Crippen LogP) is 2.52. The van der Waals surface area contributed by atoms with Gasteiger partial charge < -0.3 is 4.74 Å². The second kappa shape index (κ2) is 5.18. The van der Waals surface area contributed by atoms with Crippen LogP contribution in [0.5, 0.6) is 0 Å². The summed E-state index contributed by atoms with van der Waals surface area (Å²) in [5, 5.41) is 0. The third-order valence-electron chi connectivity index (χ3n) is 2.16. The maximum Gasteiger partial charge on any atom is 0.305 e. The molecule has 12 heavy (non-hydrogen) atoms. The van der Waals surface area contributed by atoms with Crippen LogP contribution in [0, 0.1) is 5.92 Å². The summed E-state index contributed by atoms with van der Waals surface area (Å²) in [4.78, 5) is 11.0. The van der Waals surface area contributed by atoms with Gasteiger partial charge in [0, 0.05) is 6.42 Å². The van der Waals surface area contributed by atoms with Crippen molar-refractivity contribution in [3.05, 3.63) is 0 Å². The zero-order valence-corrected chi connectivity index (χ0v) is 7.84. The lowest BCUT2D eigenvalue weighted by molar-refractivity contribution is -0.144. The van der Waals surface area contributed by atoms with Crippen LogP contribution in [0.2, 0.25) is 0 Å². The Morgan fingerprint density at radius 1 is 1.42 bits per heavy atom. The molecule has 0 amide bonds. The average Bonchev–Trinajstić information content (AvgIpc) is 2.84. The van der Waals surface area contributed by atoms with E-state index < -0.39 is 0 Å². The van der Waals surface area contributed by atoms with Crippen molar-refractivity contribution in [3.8, 4) is 0 Å². The van der Waals surface area contributed by atoms with Crippen LogP contribution in [0.4, 0.5) is 0 Å². The van der Waals surface area contributed by atoms with Gasteiger partial charge in [-0.2, -0.15) is 0 Å². The molecule has 1 rings (SSSR count). The molecule has 1 fully saturated rings. The monoisotopic (exact) mass is 170 g/mol. The molecule has 0 bridgehead atoms. The minimum absolute atomic E-state index is 0.00431. The molecular formula is C10H18O2. The average molecular weight is 170 g/mol. The van der Waals surface area contributed by atoms with Crippen molar-refractivity contribution in [2.75, 3.05) is 6.61 Å². The summed E-state index contributed by atoms with van der Waals surface area (Å²) in [6, 6.07) is 0. The Bertz CT molecular complexity index is 139. The van der Waals surface area contributed by atoms with Crippen molar-refractivity contribution < 1.29 is 9.53 Å². The van der Waals surface area contributed by atoms with Crippen molar-refractivity contribution >= 4 is 5.97 Å². The molecule has 2 heteroatoms. The maximum atomic E-state index is 11.0. The highest BCUT2D eigenvalue weighted by atomic mass is 16.5. The quantitative estimate of drug-likeness (QED) is 0.452. The Balaban J connectivity index is 1.88. The second-order valence-electron chi connectivity index (χ2n) is 3.58. The maximum absolute atomic E-state index is 11.0. The number of ether oxygens (including phenoxy) is 1. The van der Waals surface area contributed by atoms with Gasteiger partial charge in [0.1, 0.15) is 0 Å². The van der Waals surface area contributed by atoms with Crippen molar-refractivity contribution in [1.82, 2.24) is 0 Å². The highest BCUT2D eigenvalue weighted by Gasteiger charge is 2.22. The third-order valence-corrected chi connectivity index (χ3v) is 2.16. The lowest BCUT2D eigenvalue weighted by atomic mass is 10.2. The molecule has 0 atom stereocenters. The van der Waals surface area contributed by atoms with Gasteiger partial charge in [0.2, 0.25) is 0 Å². The fourth-order valence-corrected chi connectivity index (χ4v) is 1.09. The molecule has 0 aliphatic heterocycles. The van der Waals surface area contributed by atoms with Gasteiger partial charge in [-0.15, -0.1) is 0 Å². The normalized spacial score (nSPS) is 16.1. The number of carbonyl (C=O) groups is 1. The molecule has 0 aromatic carbocycles. The van der Waals surface area contributed by atoms with Crippen LogP contribution < -0.4 is 0 Å². The van der Waals surface area contributed by atoms with Crippen LogP contribution in [0.15, 0.2) is 0 Å². The summed E-state index contributed by atoms with van der Waals surface area (Å²) in [6.07, 6.45) is 6.40. The van der Waals surface area contributed by atoms with Crippen LogP contribution in [-0.4, -0.2) is 12.6 Å². The number of hydrogen-bond donors (Lipinski definition) is 0. The highest BCUT2D eigenvalue weighted by Crippen LogP contribution is 2.28. The molecule has 0 saturated heterocycles. The zero-order valence-electron chi connectivity index (χ0n) is 7.84. The first kappa shape index (κ1) is 9.56. The summed E-state index contributed by atoms with van der Waals surface area (Å²) >= 11 is 0. The minimum Gasteiger partial charge on any atom is -0.465 e. The summed E-state index contributed by atoms with van der Waals surface area (Å²) < 4.78 is 5.07. The van der Waals surface area contributed by atoms with E-state index in [1.807, 2.05) is 0 Å². The molecular weight excluding hydrogens is 152 g/mol. The van der Waals surface area contributed by atoms with Crippen molar-refractivity contribution in [3.63, 3.8) is 0 Å². The number of unbranched alkanes of at least 4 members (excludes halogenated alkanes) is 2. The summed E-state index contributed by atoms with van der Waals surface area (Å²) in [6.45, 7) is 2.81. The van der Waals surface area contributed by atoms with Crippen molar-refractivity contribution in [1.29, 1.82) is 0 Å². The topological polar surface area (TPSA) is 26.3 Å². The molecule has 0 radical (unpaired) electrons. The highest BCUT2D eigenvalue weighted by molar-refractivity contribution is 5.69. The van der Waals surface area contributed by atoms with Gasteiger partial charge in [0.25, 0.3) is 0 Å². The number of hydrogen-bond acceptors (Lipinski definition) is 2. The summed E-state index contributed by atoms with van der Waals surface area (Å²) in [5.41, 5.74) is 0. The predicted molar refractivity (Wildman–Crippen MR) is 47.8 cm³/mol. The van der Waals surface area contributed by atoms with E-state index in [1.165, 1.54) is 12.8 Å². The summed E-state index contributed by atoms with van der Waals surface area (Å²) in [5.74, 6) is 0.690. The van der Waals surface area contributed by atoms with Crippen molar-refractivity contribution in [2.24, 2.45) is 5.92 Å². The van der Waals surface area contributed by atoms with Gasteiger partial charge in [-0.05, 0) is 25.2 Å². The van der Waals surface area contributed by atoms with Crippen LogP contribution in [0.1, 0.15) is 45.4 Å². The first-order valence-electron chi connectivity index (χ1n) is 4.98. The van der Waals surface area contributed by atoms with Crippen LogP contribution >= 0.6 is 0 Å². The molecule has 0 N–H and O–H groups in total. The Hall–Kier alpha value is -0.530. The smallest absolute Gasteiger partial charge is 0.305 e. The van der Waals surface area contributed by atoms with E-state index in [-0.39, 0.29) is 5.97 Å². The van der Waals surface area contributed by atoms with Gasteiger partial charge in [0.05, 0.1) is 6.61 Å². The fraction of sp³-hybridized carbons (Fsp3) is 0.900. The molecule has 0 aromatic heterocycles. The Morgan fingerprint density at radius 3 is 2.75 bits per heavy atom. The van der Waals surface area contributed by atoms with Gasteiger partial charge >= 0.3 is 5.97 Å². The van der Waals surface area contributed by atoms with E-state index in [2.05, 4.69) is 6.92 Å². The molecule has 1 saturated carbocycles. The van der Waals surface area contributed by atoms with Crippen LogP contribution in [0.3, 0.4) is 0 Å². The Morgan fingerprint density at radius 2 is 2.17 bits per heavy atom. The Labute approximate surface area is 74.3 Å². The molecule has 1 aliphatic carbocycles. The second-order valence-corrected chi connectivity index (χ2v) is 3.58. The fourth-order valence-electron chi connectivity index (χ4n) is 1.09. The van der Waals surface area contributed by atoms with Gasteiger partial charge in [-0.25, -0.2) is 0 Å². The van der Waals surface area contributed by atoms with E-state index in [0.717, 1.165) is 19.3 Å². The molecule has 70 valence electrons. The van der Waals surface area contributed by atoms with Gasteiger partial charge in [0.15, 0.2) is 0 Å². The number of carbonyl (C=O) groups excluding carboxylic acids is 1. The number of rotatable bonds is 6. The minimum atomic E-state index is -0.00431. The molecule has 0 aromatic rings. The lowest BCUT2D eigenvalue weighted by Crippen LogP contribution is -2.06. The standard InChI is InChI=1S/C10H18O2/c1-2-3-4-5-10(11)12-8-9-6-7-9/h9H,2-8H2,1H3. The molecule has 0 heterocycles. The zero-order chi connectivity index (χ0) is 8.81. The molecule has 0 spiro atoms. The van der Waals surface area contributed by atoms with E-state index in [9.17, 15) is 4.79 Å². The first-order chi connectivity index (χ1) is 5.83. The molecule has 2 nitrogen and oxygen atoms in total. The van der Waals surface area contributed by atoms with E-state index in [0.29, 0.717) is 18.9 Å². The van der Waals surface area contributed by atoms with Crippen LogP contribution in [-0.2, 0) is 9.53 Å². The lowest BCUT2D eigenvalue weighted by Gasteiger charge is -2.02. The summed E-state index contributed by atoms with van der Waals surface area (Å²) in [7, 11) is 0. The van der Waals surface area contributed by atoms with E-state index in [4.69, 9.17) is 4.74 Å². The van der Waals surface area contributed by atoms with Gasteiger partial charge in [-0.1, -0.05) is 19.8 Å². The van der Waals surface area contributed by atoms with Crippen molar-refractivity contribution in [2.45, 2.75) is 45.4 Å². The van der Waals surface area contributed by atoms with E-state index >= 15 is 0 Å². The molecule has 1 aliphatic rings. The third kappa shape index (κ3) is 4.37. The van der Waals surface area contributed by atoms with Gasteiger partial charge in [-0.3, -0.25) is 4.79 Å². The Kier molecular flexibility index (Phi) is 4.12.